The van der Waals surface area contributed by atoms with E-state index in [0.29, 0.717) is 16.7 Å². The molecule has 0 aliphatic heterocycles. The summed E-state index contributed by atoms with van der Waals surface area (Å²) >= 11 is 6.36. The second-order valence-corrected chi connectivity index (χ2v) is 10.9. The summed E-state index contributed by atoms with van der Waals surface area (Å²) in [7, 11) is 0. The zero-order chi connectivity index (χ0) is 34.9. The maximum atomic E-state index is 13.3. The summed E-state index contributed by atoms with van der Waals surface area (Å²) in [5.41, 5.74) is -1.23. The molecule has 8 nitrogen and oxygen atoms in total. The minimum Gasteiger partial charge on any atom is -0.462 e. The number of carbonyl (C=O) groups is 4. The highest BCUT2D eigenvalue weighted by Crippen LogP contribution is 2.34. The van der Waals surface area contributed by atoms with E-state index in [1.807, 2.05) is 0 Å². The van der Waals surface area contributed by atoms with Crippen molar-refractivity contribution in [3.63, 3.8) is 0 Å². The van der Waals surface area contributed by atoms with Crippen LogP contribution in [0.3, 0.4) is 0 Å². The third-order valence-corrected chi connectivity index (χ3v) is 7.76. The zero-order valence-electron chi connectivity index (χ0n) is 26.0. The van der Waals surface area contributed by atoms with Crippen molar-refractivity contribution in [2.45, 2.75) is 31.9 Å². The van der Waals surface area contributed by atoms with E-state index in [0.717, 1.165) is 12.1 Å². The minimum atomic E-state index is -4.50. The van der Waals surface area contributed by atoms with Crippen molar-refractivity contribution < 1.29 is 41.8 Å². The number of likely N-dealkylation sites (N-methyl/N-ethyl adjacent to an activating group) is 2. The molecule has 0 aliphatic rings. The number of amides is 2. The van der Waals surface area contributed by atoms with Crippen molar-refractivity contribution in [1.82, 2.24) is 10.6 Å². The van der Waals surface area contributed by atoms with Gasteiger partial charge >= 0.3 is 18.1 Å². The Labute approximate surface area is 280 Å². The van der Waals surface area contributed by atoms with Gasteiger partial charge in [0.2, 0.25) is 11.8 Å². The fourth-order valence-corrected chi connectivity index (χ4v) is 5.30. The highest BCUT2D eigenvalue weighted by Gasteiger charge is 2.47. The van der Waals surface area contributed by atoms with Crippen molar-refractivity contribution in [1.29, 1.82) is 0 Å². The maximum Gasteiger partial charge on any atom is 0.416 e. The molecule has 250 valence electrons. The highest BCUT2D eigenvalue weighted by molar-refractivity contribution is 6.32. The van der Waals surface area contributed by atoms with E-state index in [1.165, 1.54) is 36.4 Å². The van der Waals surface area contributed by atoms with Crippen LogP contribution < -0.4 is 15.4 Å². The Morgan fingerprint density at radius 3 is 1.92 bits per heavy atom. The first-order chi connectivity index (χ1) is 22.9. The van der Waals surface area contributed by atoms with Crippen LogP contribution in [-0.2, 0) is 25.9 Å². The topological polar surface area (TPSA) is 111 Å². The van der Waals surface area contributed by atoms with Gasteiger partial charge in [0, 0.05) is 19.5 Å². The van der Waals surface area contributed by atoms with E-state index in [4.69, 9.17) is 21.1 Å². The number of rotatable bonds is 12. The Balaban J connectivity index is 1.49. The van der Waals surface area contributed by atoms with E-state index >= 15 is 0 Å². The quantitative estimate of drug-likeness (QED) is 0.0947. The van der Waals surface area contributed by atoms with Gasteiger partial charge in [-0.2, -0.15) is 13.2 Å². The van der Waals surface area contributed by atoms with Crippen LogP contribution in [-0.4, -0.2) is 43.4 Å². The molecular formula is C36H32ClF3N2O6. The molecule has 4 rings (SSSR count). The average molecular weight is 681 g/mol. The lowest BCUT2D eigenvalue weighted by molar-refractivity contribution is -0.139. The normalized spacial score (nSPS) is 11.4. The third-order valence-electron chi connectivity index (χ3n) is 7.47. The van der Waals surface area contributed by atoms with Gasteiger partial charge in [0.25, 0.3) is 0 Å². The first kappa shape index (κ1) is 35.7. The Morgan fingerprint density at radius 1 is 0.729 bits per heavy atom. The van der Waals surface area contributed by atoms with Crippen LogP contribution in [0.5, 0.6) is 5.75 Å². The number of hydrogen-bond acceptors (Lipinski definition) is 6. The predicted octanol–water partition coefficient (Wildman–Crippen LogP) is 7.00. The number of halogens is 4. The van der Waals surface area contributed by atoms with Crippen molar-refractivity contribution in [3.05, 3.63) is 124 Å². The monoisotopic (exact) mass is 680 g/mol. The van der Waals surface area contributed by atoms with Crippen molar-refractivity contribution in [3.8, 4) is 16.9 Å². The van der Waals surface area contributed by atoms with Crippen LogP contribution in [0.2, 0.25) is 5.02 Å². The molecule has 0 bridgehead atoms. The van der Waals surface area contributed by atoms with E-state index in [2.05, 4.69) is 10.6 Å². The first-order valence-corrected chi connectivity index (χ1v) is 15.4. The summed E-state index contributed by atoms with van der Waals surface area (Å²) in [4.78, 5) is 52.8. The van der Waals surface area contributed by atoms with Gasteiger partial charge in [-0.15, -0.1) is 0 Å². The summed E-state index contributed by atoms with van der Waals surface area (Å²) in [5.74, 6) is -2.76. The average Bonchev–Trinajstić information content (AvgIpc) is 3.07. The van der Waals surface area contributed by atoms with Crippen LogP contribution in [0.15, 0.2) is 97.1 Å². The van der Waals surface area contributed by atoms with Crippen molar-refractivity contribution >= 4 is 35.4 Å². The molecule has 48 heavy (non-hydrogen) atoms. The largest absolute Gasteiger partial charge is 0.462 e. The molecular weight excluding hydrogens is 649 g/mol. The minimum absolute atomic E-state index is 0.0197. The number of ether oxygens (including phenoxy) is 2. The summed E-state index contributed by atoms with van der Waals surface area (Å²) in [6.45, 7) is 3.73. The van der Waals surface area contributed by atoms with Gasteiger partial charge in [-0.3, -0.25) is 9.59 Å². The molecule has 0 saturated heterocycles. The number of benzene rings is 4. The Kier molecular flexibility index (Phi) is 11.6. The molecule has 0 unspecified atom stereocenters. The number of esters is 2. The molecule has 0 aliphatic carbocycles. The second kappa shape index (κ2) is 15.6. The molecule has 0 aromatic heterocycles. The molecule has 4 aromatic carbocycles. The number of nitrogens with one attached hydrogen (secondary N) is 2. The zero-order valence-corrected chi connectivity index (χ0v) is 26.8. The molecule has 2 amide bonds. The van der Waals surface area contributed by atoms with E-state index in [1.54, 1.807) is 62.4 Å². The van der Waals surface area contributed by atoms with Crippen LogP contribution in [0.1, 0.15) is 52.1 Å². The fourth-order valence-electron chi connectivity index (χ4n) is 5.08. The summed E-state index contributed by atoms with van der Waals surface area (Å²) in [6.07, 6.45) is -4.66. The predicted molar refractivity (Wildman–Crippen MR) is 174 cm³/mol. The molecule has 12 heteroatoms. The van der Waals surface area contributed by atoms with E-state index < -0.39 is 40.9 Å². The third kappa shape index (κ3) is 8.03. The van der Waals surface area contributed by atoms with Gasteiger partial charge in [-0.1, -0.05) is 72.3 Å². The SMILES string of the molecule is CCNC(=O)C(CCOC(=O)c1ccc(OC(=O)c2ccccc2-c2ccc(C(F)(F)F)cc2)c(Cl)c1)(C(=O)NCC)c1ccccc1. The second-order valence-electron chi connectivity index (χ2n) is 10.5. The lowest BCUT2D eigenvalue weighted by atomic mass is 9.75. The van der Waals surface area contributed by atoms with Crippen LogP contribution >= 0.6 is 11.6 Å². The molecule has 0 saturated carbocycles. The van der Waals surface area contributed by atoms with Crippen molar-refractivity contribution in [2.75, 3.05) is 19.7 Å². The molecule has 0 heterocycles. The summed E-state index contributed by atoms with van der Waals surface area (Å²) in [5, 5.41) is 5.34. The van der Waals surface area contributed by atoms with E-state index in [-0.39, 0.29) is 48.0 Å². The maximum absolute atomic E-state index is 13.3. The standard InChI is InChI=1S/C36H32ClF3N2O6/c1-3-41-33(45)35(34(46)42-4-2,25-10-6-5-7-11-25)20-21-47-31(43)24-16-19-30(29(37)22-24)48-32(44)28-13-9-8-12-27(28)23-14-17-26(18-15-23)36(38,39)40/h5-19,22H,3-4,20-21H2,1-2H3,(H,41,45)(H,42,46). The van der Waals surface area contributed by atoms with Crippen LogP contribution in [0, 0.1) is 0 Å². The van der Waals surface area contributed by atoms with Gasteiger partial charge in [0.05, 0.1) is 28.3 Å². The summed E-state index contributed by atoms with van der Waals surface area (Å²) in [6, 6.07) is 23.0. The van der Waals surface area contributed by atoms with Gasteiger partial charge in [-0.25, -0.2) is 9.59 Å². The van der Waals surface area contributed by atoms with Gasteiger partial charge in [0.1, 0.15) is 5.75 Å². The molecule has 0 spiro atoms. The Morgan fingerprint density at radius 2 is 1.33 bits per heavy atom. The number of hydrogen-bond donors (Lipinski definition) is 2. The highest BCUT2D eigenvalue weighted by atomic mass is 35.5. The van der Waals surface area contributed by atoms with Gasteiger partial charge in [-0.05, 0) is 66.9 Å². The molecule has 0 atom stereocenters. The van der Waals surface area contributed by atoms with Crippen LogP contribution in [0.25, 0.3) is 11.1 Å². The number of alkyl halides is 3. The lowest BCUT2D eigenvalue weighted by Gasteiger charge is -2.31. The smallest absolute Gasteiger partial charge is 0.416 e. The summed E-state index contributed by atoms with van der Waals surface area (Å²) < 4.78 is 50.0. The van der Waals surface area contributed by atoms with E-state index in [9.17, 15) is 32.3 Å². The number of carbonyl (C=O) groups excluding carboxylic acids is 4. The van der Waals surface area contributed by atoms with Crippen molar-refractivity contribution in [2.24, 2.45) is 0 Å². The first-order valence-electron chi connectivity index (χ1n) is 15.0. The Bertz CT molecular complexity index is 1760. The van der Waals surface area contributed by atoms with Crippen LogP contribution in [0.4, 0.5) is 13.2 Å². The molecule has 2 N–H and O–H groups in total. The lowest BCUT2D eigenvalue weighted by Crippen LogP contribution is -2.55. The molecule has 4 aromatic rings. The van der Waals surface area contributed by atoms with Gasteiger partial charge in [0.15, 0.2) is 5.41 Å². The Hall–Kier alpha value is -5.16. The molecule has 0 fully saturated rings. The molecule has 0 radical (unpaired) electrons. The van der Waals surface area contributed by atoms with Gasteiger partial charge < -0.3 is 20.1 Å². The fraction of sp³-hybridized carbons (Fsp3) is 0.222.